The number of rotatable bonds is 4. The molecule has 5 heteroatoms. The molecule has 19 heavy (non-hydrogen) atoms. The molecule has 98 valence electrons. The monoisotopic (exact) mass is 259 g/mol. The highest BCUT2D eigenvalue weighted by Crippen LogP contribution is 2.25. The first-order valence-electron chi connectivity index (χ1n) is 5.96. The first-order chi connectivity index (χ1) is 9.19. The summed E-state index contributed by atoms with van der Waals surface area (Å²) in [4.78, 5) is 15.5. The minimum absolute atomic E-state index is 0.129. The topological polar surface area (TPSA) is 54.0 Å². The lowest BCUT2D eigenvalue weighted by Crippen LogP contribution is -2.11. The fraction of sp³-hybridized carbons (Fsp3) is 0.143. The molecule has 1 amide bonds. The number of amides is 1. The van der Waals surface area contributed by atoms with Gasteiger partial charge in [0.1, 0.15) is 11.6 Å². The fourth-order valence-electron chi connectivity index (χ4n) is 1.54. The molecule has 0 bridgehead atoms. The van der Waals surface area contributed by atoms with E-state index in [0.717, 1.165) is 0 Å². The lowest BCUT2D eigenvalue weighted by molar-refractivity contribution is -0.115. The molecule has 0 radical (unpaired) electrons. The number of anilines is 3. The summed E-state index contributed by atoms with van der Waals surface area (Å²) in [5.74, 6) is 0.0729. The molecule has 1 aromatic heterocycles. The molecule has 0 spiro atoms. The van der Waals surface area contributed by atoms with Crippen LogP contribution >= 0.6 is 0 Å². The van der Waals surface area contributed by atoms with E-state index >= 15 is 0 Å². The van der Waals surface area contributed by atoms with E-state index in [2.05, 4.69) is 15.6 Å². The van der Waals surface area contributed by atoms with Crippen LogP contribution in [0.15, 0.2) is 42.6 Å². The molecule has 0 aliphatic rings. The molecule has 2 N–H and O–H groups in total. The Morgan fingerprint density at radius 2 is 2.11 bits per heavy atom. The molecule has 0 saturated heterocycles. The van der Waals surface area contributed by atoms with Crippen molar-refractivity contribution in [2.45, 2.75) is 13.3 Å². The van der Waals surface area contributed by atoms with Gasteiger partial charge in [0.15, 0.2) is 0 Å². The van der Waals surface area contributed by atoms with E-state index in [0.29, 0.717) is 23.6 Å². The fourth-order valence-corrected chi connectivity index (χ4v) is 1.54. The summed E-state index contributed by atoms with van der Waals surface area (Å²) < 4.78 is 13.3. The SMILES string of the molecule is CCC(=O)Nc1ccc(F)cc1Nc1ccccn1. The van der Waals surface area contributed by atoms with Crippen molar-refractivity contribution in [1.82, 2.24) is 4.98 Å². The van der Waals surface area contributed by atoms with Gasteiger partial charge in [-0.1, -0.05) is 13.0 Å². The van der Waals surface area contributed by atoms with E-state index in [-0.39, 0.29) is 11.7 Å². The number of hydrogen-bond donors (Lipinski definition) is 2. The maximum atomic E-state index is 13.3. The van der Waals surface area contributed by atoms with Crippen LogP contribution < -0.4 is 10.6 Å². The first-order valence-corrected chi connectivity index (χ1v) is 5.96. The van der Waals surface area contributed by atoms with E-state index in [1.807, 2.05) is 6.07 Å². The van der Waals surface area contributed by atoms with Gasteiger partial charge in [0.25, 0.3) is 0 Å². The van der Waals surface area contributed by atoms with Gasteiger partial charge in [-0.3, -0.25) is 4.79 Å². The van der Waals surface area contributed by atoms with Crippen LogP contribution in [0.4, 0.5) is 21.6 Å². The number of halogens is 1. The third-order valence-electron chi connectivity index (χ3n) is 2.50. The Morgan fingerprint density at radius 3 is 2.79 bits per heavy atom. The number of nitrogens with one attached hydrogen (secondary N) is 2. The van der Waals surface area contributed by atoms with Gasteiger partial charge in [0.05, 0.1) is 11.4 Å². The highest BCUT2D eigenvalue weighted by Gasteiger charge is 2.07. The molecule has 4 nitrogen and oxygen atoms in total. The molecule has 2 rings (SSSR count). The van der Waals surface area contributed by atoms with E-state index in [1.165, 1.54) is 18.2 Å². The van der Waals surface area contributed by atoms with Gasteiger partial charge in [-0.15, -0.1) is 0 Å². The summed E-state index contributed by atoms with van der Waals surface area (Å²) in [6, 6.07) is 9.51. The van der Waals surface area contributed by atoms with Crippen molar-refractivity contribution in [1.29, 1.82) is 0 Å². The predicted molar refractivity (Wildman–Crippen MR) is 72.8 cm³/mol. The summed E-state index contributed by atoms with van der Waals surface area (Å²) in [7, 11) is 0. The summed E-state index contributed by atoms with van der Waals surface area (Å²) in [5.41, 5.74) is 0.999. The van der Waals surface area contributed by atoms with Crippen molar-refractivity contribution in [2.75, 3.05) is 10.6 Å². The van der Waals surface area contributed by atoms with Crippen LogP contribution in [0.1, 0.15) is 13.3 Å². The zero-order valence-corrected chi connectivity index (χ0v) is 10.5. The molecular weight excluding hydrogens is 245 g/mol. The first kappa shape index (κ1) is 13.0. The molecule has 0 atom stereocenters. The summed E-state index contributed by atoms with van der Waals surface area (Å²) in [6.07, 6.45) is 1.99. The number of carbonyl (C=O) groups is 1. The van der Waals surface area contributed by atoms with Crippen molar-refractivity contribution in [3.8, 4) is 0 Å². The zero-order chi connectivity index (χ0) is 13.7. The third-order valence-corrected chi connectivity index (χ3v) is 2.50. The van der Waals surface area contributed by atoms with Crippen LogP contribution in [0.25, 0.3) is 0 Å². The van der Waals surface area contributed by atoms with Crippen LogP contribution in [-0.4, -0.2) is 10.9 Å². The van der Waals surface area contributed by atoms with Gasteiger partial charge in [-0.05, 0) is 30.3 Å². The Bertz CT molecular complexity index is 572. The second-order valence-corrected chi connectivity index (χ2v) is 3.93. The second kappa shape index (κ2) is 5.95. The molecular formula is C14H14FN3O. The van der Waals surface area contributed by atoms with E-state index in [1.54, 1.807) is 25.3 Å². The third kappa shape index (κ3) is 3.51. The number of pyridine rings is 1. The minimum Gasteiger partial charge on any atom is -0.338 e. The van der Waals surface area contributed by atoms with Crippen LogP contribution in [0, 0.1) is 5.82 Å². The van der Waals surface area contributed by atoms with Crippen LogP contribution in [0.2, 0.25) is 0 Å². The highest BCUT2D eigenvalue weighted by molar-refractivity contribution is 5.94. The van der Waals surface area contributed by atoms with Gasteiger partial charge in [-0.25, -0.2) is 9.37 Å². The van der Waals surface area contributed by atoms with Crippen LogP contribution in [0.3, 0.4) is 0 Å². The van der Waals surface area contributed by atoms with Crippen molar-refractivity contribution in [3.63, 3.8) is 0 Å². The number of nitrogens with zero attached hydrogens (tertiary/aromatic N) is 1. The molecule has 1 heterocycles. The van der Waals surface area contributed by atoms with Crippen molar-refractivity contribution in [2.24, 2.45) is 0 Å². The molecule has 0 unspecified atom stereocenters. The normalized spacial score (nSPS) is 10.0. The number of aromatic nitrogens is 1. The predicted octanol–water partition coefficient (Wildman–Crippen LogP) is 3.31. The maximum absolute atomic E-state index is 13.3. The van der Waals surface area contributed by atoms with Crippen molar-refractivity contribution >= 4 is 23.1 Å². The summed E-state index contributed by atoms with van der Waals surface area (Å²) >= 11 is 0. The van der Waals surface area contributed by atoms with Gasteiger partial charge in [0, 0.05) is 12.6 Å². The quantitative estimate of drug-likeness (QED) is 0.885. The van der Waals surface area contributed by atoms with E-state index in [9.17, 15) is 9.18 Å². The molecule has 0 saturated carbocycles. The average molecular weight is 259 g/mol. The van der Waals surface area contributed by atoms with Gasteiger partial charge in [-0.2, -0.15) is 0 Å². The largest absolute Gasteiger partial charge is 0.338 e. The molecule has 2 aromatic rings. The van der Waals surface area contributed by atoms with Crippen LogP contribution in [-0.2, 0) is 4.79 Å². The zero-order valence-electron chi connectivity index (χ0n) is 10.5. The lowest BCUT2D eigenvalue weighted by Gasteiger charge is -2.12. The van der Waals surface area contributed by atoms with E-state index in [4.69, 9.17) is 0 Å². The average Bonchev–Trinajstić information content (AvgIpc) is 2.43. The Labute approximate surface area is 110 Å². The summed E-state index contributed by atoms with van der Waals surface area (Å²) in [5, 5.41) is 5.69. The number of carbonyl (C=O) groups excluding carboxylic acids is 1. The summed E-state index contributed by atoms with van der Waals surface area (Å²) in [6.45, 7) is 1.75. The standard InChI is InChI=1S/C14H14FN3O/c1-2-14(19)18-11-7-6-10(15)9-12(11)17-13-5-3-4-8-16-13/h3-9H,2H2,1H3,(H,16,17)(H,18,19). The van der Waals surface area contributed by atoms with Gasteiger partial charge >= 0.3 is 0 Å². The molecule has 0 aliphatic heterocycles. The van der Waals surface area contributed by atoms with Gasteiger partial charge in [0.2, 0.25) is 5.91 Å². The Balaban J connectivity index is 2.27. The molecule has 0 fully saturated rings. The minimum atomic E-state index is -0.382. The lowest BCUT2D eigenvalue weighted by atomic mass is 10.2. The van der Waals surface area contributed by atoms with Crippen molar-refractivity contribution in [3.05, 3.63) is 48.4 Å². The molecule has 0 aliphatic carbocycles. The Hall–Kier alpha value is -2.43. The number of hydrogen-bond acceptors (Lipinski definition) is 3. The van der Waals surface area contributed by atoms with E-state index < -0.39 is 0 Å². The van der Waals surface area contributed by atoms with Crippen molar-refractivity contribution < 1.29 is 9.18 Å². The Kier molecular flexibility index (Phi) is 4.07. The second-order valence-electron chi connectivity index (χ2n) is 3.93. The smallest absolute Gasteiger partial charge is 0.224 e. The molecule has 1 aromatic carbocycles. The van der Waals surface area contributed by atoms with Crippen LogP contribution in [0.5, 0.6) is 0 Å². The number of benzene rings is 1. The van der Waals surface area contributed by atoms with Gasteiger partial charge < -0.3 is 10.6 Å². The maximum Gasteiger partial charge on any atom is 0.224 e. The Morgan fingerprint density at radius 1 is 1.26 bits per heavy atom. The highest BCUT2D eigenvalue weighted by atomic mass is 19.1.